The van der Waals surface area contributed by atoms with Crippen LogP contribution in [0.15, 0.2) is 0 Å². The minimum absolute atomic E-state index is 0.0137. The molecule has 1 rings (SSSR count). The largest absolute Gasteiger partial charge is 0.462 e. The van der Waals surface area contributed by atoms with Crippen LogP contribution in [0.2, 0.25) is 0 Å². The fourth-order valence-electron chi connectivity index (χ4n) is 5.47. The lowest BCUT2D eigenvalue weighted by Crippen LogP contribution is -2.06. The molecule has 1 heterocycles. The monoisotopic (exact) mass is 478 g/mol. The highest BCUT2D eigenvalue weighted by molar-refractivity contribution is 5.71. The number of unbranched alkanes of at least 4 members (excludes halogenated alkanes) is 25. The van der Waals surface area contributed by atoms with Crippen LogP contribution in [0.4, 0.5) is 0 Å². The van der Waals surface area contributed by atoms with Gasteiger partial charge in [0, 0.05) is 6.42 Å². The van der Waals surface area contributed by atoms with Crippen LogP contribution in [0.3, 0.4) is 0 Å². The Morgan fingerprint density at radius 3 is 1.06 bits per heavy atom. The fourth-order valence-corrected chi connectivity index (χ4v) is 5.47. The van der Waals surface area contributed by atoms with Gasteiger partial charge in [0.05, 0.1) is 0 Å². The Hall–Kier alpha value is -0.530. The summed E-state index contributed by atoms with van der Waals surface area (Å²) in [4.78, 5) is 11.1. The lowest BCUT2D eigenvalue weighted by Gasteiger charge is -2.08. The van der Waals surface area contributed by atoms with Crippen LogP contribution in [-0.2, 0) is 9.53 Å². The van der Waals surface area contributed by atoms with E-state index in [0.29, 0.717) is 6.42 Å². The summed E-state index contributed by atoms with van der Waals surface area (Å²) in [5.41, 5.74) is 0. The summed E-state index contributed by atoms with van der Waals surface area (Å²) < 4.78 is 5.28. The smallest absolute Gasteiger partial charge is 0.306 e. The molecule has 0 saturated carbocycles. The maximum atomic E-state index is 11.1. The molecule has 1 aliphatic rings. The molecule has 0 aromatic carbocycles. The second-order valence-electron chi connectivity index (χ2n) is 11.3. The Balaban J connectivity index is 1.62. The first-order chi connectivity index (χ1) is 16.8. The van der Waals surface area contributed by atoms with Crippen LogP contribution in [0, 0.1) is 0 Å². The molecule has 1 atom stereocenters. The molecule has 34 heavy (non-hydrogen) atoms. The van der Waals surface area contributed by atoms with Gasteiger partial charge < -0.3 is 4.74 Å². The third kappa shape index (κ3) is 22.0. The van der Waals surface area contributed by atoms with Crippen molar-refractivity contribution in [3.8, 4) is 0 Å². The summed E-state index contributed by atoms with van der Waals surface area (Å²) in [6.45, 7) is 2.30. The van der Waals surface area contributed by atoms with Gasteiger partial charge in [0.2, 0.25) is 0 Å². The van der Waals surface area contributed by atoms with E-state index in [9.17, 15) is 4.79 Å². The molecule has 0 aromatic rings. The third-order valence-electron chi connectivity index (χ3n) is 7.85. The highest BCUT2D eigenvalue weighted by Crippen LogP contribution is 2.20. The molecule has 2 heteroatoms. The number of ether oxygens (including phenoxy) is 1. The number of cyclic esters (lactones) is 1. The Morgan fingerprint density at radius 2 is 0.794 bits per heavy atom. The predicted molar refractivity (Wildman–Crippen MR) is 149 cm³/mol. The molecule has 0 radical (unpaired) electrons. The first kappa shape index (κ1) is 31.5. The van der Waals surface area contributed by atoms with Crippen LogP contribution in [-0.4, -0.2) is 12.1 Å². The summed E-state index contributed by atoms with van der Waals surface area (Å²) >= 11 is 0. The molecular weight excluding hydrogens is 416 g/mol. The Bertz CT molecular complexity index is 419. The molecule has 0 N–H and O–H groups in total. The van der Waals surface area contributed by atoms with Gasteiger partial charge in [-0.05, 0) is 19.3 Å². The van der Waals surface area contributed by atoms with Crippen molar-refractivity contribution in [2.45, 2.75) is 199 Å². The highest BCUT2D eigenvalue weighted by atomic mass is 16.5. The molecule has 1 fully saturated rings. The lowest BCUT2D eigenvalue weighted by atomic mass is 10.0. The number of rotatable bonds is 27. The fraction of sp³-hybridized carbons (Fsp3) is 0.969. The molecule has 1 saturated heterocycles. The zero-order valence-corrected chi connectivity index (χ0v) is 23.4. The van der Waals surface area contributed by atoms with E-state index >= 15 is 0 Å². The number of carbonyl (C=O) groups excluding carboxylic acids is 1. The topological polar surface area (TPSA) is 26.3 Å². The standard InChI is InChI=1S/C32H62O2/c1-2-3-4-5-6-7-8-9-10-11-12-13-14-15-16-17-18-19-20-21-22-23-24-25-26-27-28-31-29-30-32(33)34-31/h31H,2-30H2,1H3/t31-/m1/s1. The zero-order valence-electron chi connectivity index (χ0n) is 23.4. The normalized spacial score (nSPS) is 15.8. The molecule has 0 aromatic heterocycles. The van der Waals surface area contributed by atoms with E-state index in [1.54, 1.807) is 0 Å². The Labute approximate surface area is 214 Å². The van der Waals surface area contributed by atoms with E-state index in [-0.39, 0.29) is 12.1 Å². The Kier molecular flexibility index (Phi) is 23.7. The quantitative estimate of drug-likeness (QED) is 0.0866. The van der Waals surface area contributed by atoms with E-state index in [0.717, 1.165) is 12.8 Å². The zero-order chi connectivity index (χ0) is 24.4. The van der Waals surface area contributed by atoms with Gasteiger partial charge in [0.1, 0.15) is 6.10 Å². The minimum atomic E-state index is 0.0137. The van der Waals surface area contributed by atoms with E-state index in [4.69, 9.17) is 4.74 Å². The van der Waals surface area contributed by atoms with E-state index in [1.807, 2.05) is 0 Å². The van der Waals surface area contributed by atoms with Crippen molar-refractivity contribution in [1.82, 2.24) is 0 Å². The summed E-state index contributed by atoms with van der Waals surface area (Å²) in [7, 11) is 0. The molecule has 0 unspecified atom stereocenters. The molecular formula is C32H62O2. The Morgan fingerprint density at radius 1 is 0.500 bits per heavy atom. The summed E-state index contributed by atoms with van der Waals surface area (Å²) in [5.74, 6) is 0.0137. The van der Waals surface area contributed by atoms with Crippen LogP contribution >= 0.6 is 0 Å². The van der Waals surface area contributed by atoms with Gasteiger partial charge in [-0.2, -0.15) is 0 Å². The second-order valence-corrected chi connectivity index (χ2v) is 11.3. The molecule has 2 nitrogen and oxygen atoms in total. The van der Waals surface area contributed by atoms with Gasteiger partial charge >= 0.3 is 5.97 Å². The molecule has 0 spiro atoms. The van der Waals surface area contributed by atoms with Crippen molar-refractivity contribution in [2.24, 2.45) is 0 Å². The van der Waals surface area contributed by atoms with Gasteiger partial charge in [0.15, 0.2) is 0 Å². The van der Waals surface area contributed by atoms with Crippen LogP contribution in [0.25, 0.3) is 0 Å². The predicted octanol–water partition coefficient (Wildman–Crippen LogP) is 11.2. The second kappa shape index (κ2) is 25.6. The van der Waals surface area contributed by atoms with Crippen LogP contribution < -0.4 is 0 Å². The highest BCUT2D eigenvalue weighted by Gasteiger charge is 2.22. The van der Waals surface area contributed by atoms with Gasteiger partial charge in [-0.15, -0.1) is 0 Å². The molecule has 0 bridgehead atoms. The average molecular weight is 479 g/mol. The van der Waals surface area contributed by atoms with E-state index in [1.165, 1.54) is 167 Å². The van der Waals surface area contributed by atoms with E-state index < -0.39 is 0 Å². The maximum absolute atomic E-state index is 11.1. The van der Waals surface area contributed by atoms with Crippen LogP contribution in [0.1, 0.15) is 193 Å². The SMILES string of the molecule is CCCCCCCCCCCCCCCCCCCCCCCCCCCC[C@@H]1CCC(=O)O1. The van der Waals surface area contributed by atoms with E-state index in [2.05, 4.69) is 6.92 Å². The lowest BCUT2D eigenvalue weighted by molar-refractivity contribution is -0.141. The molecule has 0 aliphatic carbocycles. The summed E-state index contributed by atoms with van der Waals surface area (Å²) in [6.07, 6.45) is 40.3. The first-order valence-corrected chi connectivity index (χ1v) is 16.0. The van der Waals surface area contributed by atoms with Gasteiger partial charge in [-0.1, -0.05) is 167 Å². The summed E-state index contributed by atoms with van der Waals surface area (Å²) in [6, 6.07) is 0. The number of hydrogen-bond donors (Lipinski definition) is 0. The molecule has 1 aliphatic heterocycles. The number of carbonyl (C=O) groups is 1. The van der Waals surface area contributed by atoms with Crippen molar-refractivity contribution in [3.63, 3.8) is 0 Å². The molecule has 0 amide bonds. The third-order valence-corrected chi connectivity index (χ3v) is 7.85. The van der Waals surface area contributed by atoms with Gasteiger partial charge in [-0.25, -0.2) is 0 Å². The summed E-state index contributed by atoms with van der Waals surface area (Å²) in [5, 5.41) is 0. The van der Waals surface area contributed by atoms with Crippen LogP contribution in [0.5, 0.6) is 0 Å². The minimum Gasteiger partial charge on any atom is -0.462 e. The molecule has 202 valence electrons. The number of esters is 1. The maximum Gasteiger partial charge on any atom is 0.306 e. The number of hydrogen-bond acceptors (Lipinski definition) is 2. The van der Waals surface area contributed by atoms with Crippen molar-refractivity contribution < 1.29 is 9.53 Å². The van der Waals surface area contributed by atoms with Crippen molar-refractivity contribution >= 4 is 5.97 Å². The average Bonchev–Trinajstić information content (AvgIpc) is 3.26. The van der Waals surface area contributed by atoms with Crippen molar-refractivity contribution in [3.05, 3.63) is 0 Å². The van der Waals surface area contributed by atoms with Crippen molar-refractivity contribution in [1.29, 1.82) is 0 Å². The first-order valence-electron chi connectivity index (χ1n) is 16.0. The van der Waals surface area contributed by atoms with Crippen molar-refractivity contribution in [2.75, 3.05) is 0 Å². The van der Waals surface area contributed by atoms with Gasteiger partial charge in [0.25, 0.3) is 0 Å². The van der Waals surface area contributed by atoms with Gasteiger partial charge in [-0.3, -0.25) is 4.79 Å².